The number of ether oxygens (including phenoxy) is 1. The summed E-state index contributed by atoms with van der Waals surface area (Å²) in [4.78, 5) is 17.5. The maximum atomic E-state index is 12.8. The van der Waals surface area contributed by atoms with Crippen molar-refractivity contribution in [1.82, 2.24) is 29.9 Å². The van der Waals surface area contributed by atoms with Crippen LogP contribution < -0.4 is 10.1 Å². The van der Waals surface area contributed by atoms with Crippen molar-refractivity contribution in [3.63, 3.8) is 0 Å². The zero-order chi connectivity index (χ0) is 23.7. The summed E-state index contributed by atoms with van der Waals surface area (Å²) in [6.45, 7) is 8.02. The van der Waals surface area contributed by atoms with Crippen LogP contribution in [-0.4, -0.2) is 37.6 Å². The van der Waals surface area contributed by atoms with Gasteiger partial charge in [0.1, 0.15) is 0 Å². The van der Waals surface area contributed by atoms with Crippen LogP contribution in [0.3, 0.4) is 0 Å². The molecule has 1 amide bonds. The molecule has 0 saturated carbocycles. The fraction of sp³-hybridized carbons (Fsp3) is 0.360. The van der Waals surface area contributed by atoms with Gasteiger partial charge in [-0.05, 0) is 57.4 Å². The topological polar surface area (TPSA) is 86.9 Å². The average Bonchev–Trinajstić information content (AvgIpc) is 3.34. The highest BCUT2D eigenvalue weighted by Crippen LogP contribution is 2.30. The van der Waals surface area contributed by atoms with E-state index in [1.807, 2.05) is 76.0 Å². The number of carbonyl (C=O) groups is 1. The number of nitrogens with zero attached hydrogens (tertiary/aromatic N) is 5. The van der Waals surface area contributed by atoms with E-state index in [1.54, 1.807) is 11.8 Å². The Labute approximate surface area is 193 Å². The molecule has 3 heterocycles. The SMILES string of the molecule is COc1nn(C)c2nc(C)c(CCC(=O)NC(C)c3cnn(-c4ccccc4)c3C)c(C)c12. The van der Waals surface area contributed by atoms with Crippen LogP contribution in [0.2, 0.25) is 0 Å². The molecule has 0 fully saturated rings. The van der Waals surface area contributed by atoms with E-state index in [4.69, 9.17) is 9.72 Å². The number of fused-ring (bicyclic) bond motifs is 1. The molecule has 4 aromatic rings. The van der Waals surface area contributed by atoms with Crippen molar-refractivity contribution in [3.8, 4) is 11.6 Å². The molecule has 0 spiro atoms. The summed E-state index contributed by atoms with van der Waals surface area (Å²) >= 11 is 0. The van der Waals surface area contributed by atoms with Gasteiger partial charge in [-0.1, -0.05) is 18.2 Å². The van der Waals surface area contributed by atoms with E-state index in [0.717, 1.165) is 44.8 Å². The van der Waals surface area contributed by atoms with E-state index in [9.17, 15) is 4.79 Å². The smallest absolute Gasteiger partial charge is 0.242 e. The Morgan fingerprint density at radius 3 is 2.61 bits per heavy atom. The third kappa shape index (κ3) is 4.20. The summed E-state index contributed by atoms with van der Waals surface area (Å²) in [5.74, 6) is 0.550. The number of para-hydroxylation sites is 1. The van der Waals surface area contributed by atoms with E-state index in [1.165, 1.54) is 0 Å². The van der Waals surface area contributed by atoms with Gasteiger partial charge in [0, 0.05) is 30.4 Å². The summed E-state index contributed by atoms with van der Waals surface area (Å²) in [7, 11) is 3.46. The number of aryl methyl sites for hydroxylation is 3. The van der Waals surface area contributed by atoms with Gasteiger partial charge in [0.25, 0.3) is 0 Å². The monoisotopic (exact) mass is 446 g/mol. The second-order valence-corrected chi connectivity index (χ2v) is 8.35. The number of benzene rings is 1. The Morgan fingerprint density at radius 2 is 1.91 bits per heavy atom. The van der Waals surface area contributed by atoms with Crippen molar-refractivity contribution < 1.29 is 9.53 Å². The number of methoxy groups -OCH3 is 1. The highest BCUT2D eigenvalue weighted by Gasteiger charge is 2.20. The van der Waals surface area contributed by atoms with E-state index in [0.29, 0.717) is 18.7 Å². The predicted molar refractivity (Wildman–Crippen MR) is 128 cm³/mol. The van der Waals surface area contributed by atoms with Crippen molar-refractivity contribution in [2.24, 2.45) is 7.05 Å². The molecule has 172 valence electrons. The second-order valence-electron chi connectivity index (χ2n) is 8.35. The highest BCUT2D eigenvalue weighted by atomic mass is 16.5. The predicted octanol–water partition coefficient (Wildman–Crippen LogP) is 3.90. The van der Waals surface area contributed by atoms with Gasteiger partial charge in [0.2, 0.25) is 11.8 Å². The van der Waals surface area contributed by atoms with E-state index >= 15 is 0 Å². The highest BCUT2D eigenvalue weighted by molar-refractivity contribution is 5.86. The first kappa shape index (κ1) is 22.5. The van der Waals surface area contributed by atoms with Crippen LogP contribution in [0.4, 0.5) is 0 Å². The van der Waals surface area contributed by atoms with Gasteiger partial charge in [0.05, 0.1) is 30.4 Å². The van der Waals surface area contributed by atoms with Gasteiger partial charge in [0.15, 0.2) is 5.65 Å². The largest absolute Gasteiger partial charge is 0.479 e. The second kappa shape index (κ2) is 9.05. The minimum atomic E-state index is -0.142. The lowest BCUT2D eigenvalue weighted by molar-refractivity contribution is -0.121. The van der Waals surface area contributed by atoms with Crippen LogP contribution in [0.25, 0.3) is 16.7 Å². The summed E-state index contributed by atoms with van der Waals surface area (Å²) in [6.07, 6.45) is 2.79. The average molecular weight is 447 g/mol. The molecule has 8 nitrogen and oxygen atoms in total. The lowest BCUT2D eigenvalue weighted by Crippen LogP contribution is -2.27. The van der Waals surface area contributed by atoms with Crippen LogP contribution in [0.1, 0.15) is 47.5 Å². The van der Waals surface area contributed by atoms with Crippen LogP contribution in [-0.2, 0) is 18.3 Å². The molecule has 3 aromatic heterocycles. The van der Waals surface area contributed by atoms with Crippen LogP contribution in [0.15, 0.2) is 36.5 Å². The minimum Gasteiger partial charge on any atom is -0.479 e. The van der Waals surface area contributed by atoms with Crippen LogP contribution in [0.5, 0.6) is 5.88 Å². The number of rotatable bonds is 7. The van der Waals surface area contributed by atoms with Crippen molar-refractivity contribution in [2.45, 2.75) is 46.6 Å². The van der Waals surface area contributed by atoms with E-state index in [-0.39, 0.29) is 11.9 Å². The van der Waals surface area contributed by atoms with E-state index in [2.05, 4.69) is 15.5 Å². The summed E-state index contributed by atoms with van der Waals surface area (Å²) in [5.41, 5.74) is 6.83. The Morgan fingerprint density at radius 1 is 1.18 bits per heavy atom. The Hall–Kier alpha value is -3.68. The molecule has 0 radical (unpaired) electrons. The molecule has 1 N–H and O–H groups in total. The number of nitrogens with one attached hydrogen (secondary N) is 1. The number of hydrogen-bond acceptors (Lipinski definition) is 5. The van der Waals surface area contributed by atoms with Gasteiger partial charge in [-0.25, -0.2) is 14.3 Å². The zero-order valence-corrected chi connectivity index (χ0v) is 20.0. The molecule has 33 heavy (non-hydrogen) atoms. The molecule has 0 aliphatic carbocycles. The van der Waals surface area contributed by atoms with Crippen molar-refractivity contribution in [2.75, 3.05) is 7.11 Å². The number of carbonyl (C=O) groups excluding carboxylic acids is 1. The normalized spacial score (nSPS) is 12.2. The molecule has 8 heteroatoms. The maximum Gasteiger partial charge on any atom is 0.242 e. The summed E-state index contributed by atoms with van der Waals surface area (Å²) in [5, 5.41) is 12.9. The summed E-state index contributed by atoms with van der Waals surface area (Å²) < 4.78 is 9.06. The molecule has 1 unspecified atom stereocenters. The molecule has 0 bridgehead atoms. The number of hydrogen-bond donors (Lipinski definition) is 1. The third-order valence-electron chi connectivity index (χ3n) is 6.21. The zero-order valence-electron chi connectivity index (χ0n) is 20.0. The van der Waals surface area contributed by atoms with Crippen LogP contribution in [0, 0.1) is 20.8 Å². The molecule has 0 saturated heterocycles. The number of amides is 1. The van der Waals surface area contributed by atoms with Gasteiger partial charge < -0.3 is 10.1 Å². The van der Waals surface area contributed by atoms with E-state index < -0.39 is 0 Å². The fourth-order valence-electron chi connectivity index (χ4n) is 4.41. The quantitative estimate of drug-likeness (QED) is 0.465. The molecule has 4 rings (SSSR count). The van der Waals surface area contributed by atoms with Crippen molar-refractivity contribution in [1.29, 1.82) is 0 Å². The molecular weight excluding hydrogens is 416 g/mol. The van der Waals surface area contributed by atoms with Crippen molar-refractivity contribution in [3.05, 3.63) is 64.6 Å². The fourth-order valence-corrected chi connectivity index (χ4v) is 4.41. The molecular formula is C25H30N6O2. The molecule has 1 atom stereocenters. The first-order valence-corrected chi connectivity index (χ1v) is 11.1. The third-order valence-corrected chi connectivity index (χ3v) is 6.21. The van der Waals surface area contributed by atoms with Crippen molar-refractivity contribution >= 4 is 16.9 Å². The summed E-state index contributed by atoms with van der Waals surface area (Å²) in [6, 6.07) is 9.83. The van der Waals surface area contributed by atoms with Gasteiger partial charge >= 0.3 is 0 Å². The Kier molecular flexibility index (Phi) is 6.18. The van der Waals surface area contributed by atoms with Crippen LogP contribution >= 0.6 is 0 Å². The molecule has 1 aromatic carbocycles. The lowest BCUT2D eigenvalue weighted by Gasteiger charge is -2.15. The van der Waals surface area contributed by atoms with Gasteiger partial charge in [-0.15, -0.1) is 5.10 Å². The molecule has 0 aliphatic heterocycles. The first-order chi connectivity index (χ1) is 15.8. The van der Waals surface area contributed by atoms with Gasteiger partial charge in [-0.3, -0.25) is 4.79 Å². The minimum absolute atomic E-state index is 0.00795. The standard InChI is InChI=1S/C25H30N6O2/c1-15-20(16(2)28-24-23(15)25(33-6)29-30(24)5)12-13-22(32)27-17(3)21-14-26-31(18(21)4)19-10-8-7-9-11-19/h7-11,14,17H,12-13H2,1-6H3,(H,27,32). The Bertz CT molecular complexity index is 1310. The lowest BCUT2D eigenvalue weighted by atomic mass is 10.00. The van der Waals surface area contributed by atoms with Gasteiger partial charge in [-0.2, -0.15) is 5.10 Å². The number of aromatic nitrogens is 5. The molecule has 0 aliphatic rings. The first-order valence-electron chi connectivity index (χ1n) is 11.1. The Balaban J connectivity index is 1.47. The number of pyridine rings is 1. The maximum absolute atomic E-state index is 12.8.